The Hall–Kier alpha value is -3.76. The molecule has 0 radical (unpaired) electrons. The van der Waals surface area contributed by atoms with E-state index in [1.807, 2.05) is 0 Å². The fraction of sp³-hybridized carbons (Fsp3) is 0.788. The van der Waals surface area contributed by atoms with Crippen LogP contribution in [0.5, 0.6) is 0 Å². The largest absolute Gasteiger partial charge is 0.472 e. The van der Waals surface area contributed by atoms with E-state index in [0.29, 0.717) is 25.7 Å². The zero-order valence-electron chi connectivity index (χ0n) is 66.2. The molecule has 2 unspecified atom stereocenters. The standard InChI is InChI=1S/C85H152O17P2/c1-5-9-13-17-21-25-29-33-37-38-39-40-44-46-50-54-58-62-66-70-83(88)96-76-81(102-85(90)72-68-64-60-56-52-48-43-36-32-28-24-20-16-12-8-4)78-100-104(93,94)98-74-79(86)73-97-103(91,92)99-77-80(101-84(89)71-67-63-59-55-51-47-42-35-31-27-23-19-15-11-7-3)75-95-82(87)69-65-61-57-53-49-45-41-34-30-26-22-18-14-10-6-2/h9,13,21,25,27-28,31-33,37,39-40,46,50,79-81,86H,5-8,10-12,14-20,22-24,26,29-30,34-36,38,41-45,47-49,51-78H2,1-4H3,(H,91,92)(H,93,94)/b13-9-,25-21-,31-27-,32-28-,37-33-,40-39-,50-46-/t79-,80+,81+/m0/s1. The zero-order chi connectivity index (χ0) is 76.0. The number of ether oxygens (including phenoxy) is 4. The number of hydrogen-bond acceptors (Lipinski definition) is 15. The van der Waals surface area contributed by atoms with E-state index >= 15 is 0 Å². The molecule has 5 atom stereocenters. The molecule has 3 N–H and O–H groups in total. The van der Waals surface area contributed by atoms with Gasteiger partial charge in [-0.15, -0.1) is 0 Å². The van der Waals surface area contributed by atoms with Gasteiger partial charge in [0.15, 0.2) is 12.2 Å². The minimum Gasteiger partial charge on any atom is -0.462 e. The van der Waals surface area contributed by atoms with Crippen LogP contribution in [0.4, 0.5) is 0 Å². The molecule has 0 aliphatic rings. The Bertz CT molecular complexity index is 2300. The number of aliphatic hydroxyl groups is 1. The number of unbranched alkanes of at least 4 members (excludes halogenated alkanes) is 39. The molecule has 0 aliphatic heterocycles. The summed E-state index contributed by atoms with van der Waals surface area (Å²) in [6.45, 7) is 4.77. The molecule has 0 aromatic heterocycles. The Kier molecular flexibility index (Phi) is 74.6. The van der Waals surface area contributed by atoms with Crippen LogP contribution in [0.2, 0.25) is 0 Å². The first-order chi connectivity index (χ1) is 50.7. The highest BCUT2D eigenvalue weighted by molar-refractivity contribution is 7.47. The zero-order valence-corrected chi connectivity index (χ0v) is 68.0. The summed E-state index contributed by atoms with van der Waals surface area (Å²) in [6.07, 6.45) is 81.1. The van der Waals surface area contributed by atoms with E-state index in [1.54, 1.807) is 0 Å². The van der Waals surface area contributed by atoms with Crippen molar-refractivity contribution in [3.63, 3.8) is 0 Å². The summed E-state index contributed by atoms with van der Waals surface area (Å²) >= 11 is 0. The molecule has 0 bridgehead atoms. The lowest BCUT2D eigenvalue weighted by atomic mass is 10.0. The molecule has 0 amide bonds. The second-order valence-electron chi connectivity index (χ2n) is 28.0. The van der Waals surface area contributed by atoms with E-state index in [-0.39, 0.29) is 25.7 Å². The number of rotatable bonds is 79. The van der Waals surface area contributed by atoms with Crippen LogP contribution in [-0.4, -0.2) is 96.7 Å². The first kappa shape index (κ1) is 100. The lowest BCUT2D eigenvalue weighted by Gasteiger charge is -2.21. The third kappa shape index (κ3) is 76.4. The Balaban J connectivity index is 5.37. The molecule has 19 heteroatoms. The smallest absolute Gasteiger partial charge is 0.462 e. The minimum absolute atomic E-state index is 0.0838. The molecule has 0 aromatic carbocycles. The van der Waals surface area contributed by atoms with Gasteiger partial charge >= 0.3 is 39.5 Å². The second-order valence-corrected chi connectivity index (χ2v) is 30.9. The molecule has 17 nitrogen and oxygen atoms in total. The van der Waals surface area contributed by atoms with Gasteiger partial charge in [0.1, 0.15) is 19.3 Å². The monoisotopic (exact) mass is 1510 g/mol. The molecule has 0 heterocycles. The van der Waals surface area contributed by atoms with Gasteiger partial charge < -0.3 is 33.8 Å². The molecule has 0 aromatic rings. The Morgan fingerprint density at radius 3 is 0.798 bits per heavy atom. The normalized spacial score (nSPS) is 14.3. The molecule has 0 fully saturated rings. The summed E-state index contributed by atoms with van der Waals surface area (Å²) in [5, 5.41) is 10.7. The quantitative estimate of drug-likeness (QED) is 0.0169. The highest BCUT2D eigenvalue weighted by Crippen LogP contribution is 2.45. The van der Waals surface area contributed by atoms with Crippen molar-refractivity contribution in [2.75, 3.05) is 39.6 Å². The predicted molar refractivity (Wildman–Crippen MR) is 427 cm³/mol. The number of hydrogen-bond donors (Lipinski definition) is 3. The molecular weight excluding hydrogens is 1350 g/mol. The fourth-order valence-electron chi connectivity index (χ4n) is 11.5. The van der Waals surface area contributed by atoms with E-state index in [2.05, 4.69) is 113 Å². The summed E-state index contributed by atoms with van der Waals surface area (Å²) in [7, 11) is -9.96. The van der Waals surface area contributed by atoms with E-state index in [1.165, 1.54) is 122 Å². The van der Waals surface area contributed by atoms with Crippen molar-refractivity contribution in [3.05, 3.63) is 85.1 Å². The highest BCUT2D eigenvalue weighted by Gasteiger charge is 2.30. The molecule has 0 saturated carbocycles. The lowest BCUT2D eigenvalue weighted by molar-refractivity contribution is -0.161. The van der Waals surface area contributed by atoms with Crippen molar-refractivity contribution in [2.24, 2.45) is 0 Å². The van der Waals surface area contributed by atoms with E-state index < -0.39 is 97.5 Å². The maximum absolute atomic E-state index is 13.1. The third-order valence-corrected chi connectivity index (χ3v) is 19.7. The SMILES string of the molecule is CC/C=C\C/C=C\C/C=C\C/C=C\C/C=C\CCCCCC(=O)OC[C@H](COP(=O)(O)OC[C@@H](O)COP(=O)(O)OC[C@@H](COC(=O)CCCCCCCCCCCCCCCCC)OC(=O)CCCCCCCCC/C=C\CCCCCC)OC(=O)CCCCCCCCC/C=C\CCCCCC. The summed E-state index contributed by atoms with van der Waals surface area (Å²) in [6, 6.07) is 0. The molecule has 0 rings (SSSR count). The number of phosphoric acid groups is 2. The average Bonchev–Trinajstić information content (AvgIpc) is 0.918. The maximum atomic E-state index is 13.1. The van der Waals surface area contributed by atoms with Crippen LogP contribution in [0.3, 0.4) is 0 Å². The van der Waals surface area contributed by atoms with Gasteiger partial charge in [-0.25, -0.2) is 9.13 Å². The number of carbonyl (C=O) groups is 4. The predicted octanol–water partition coefficient (Wildman–Crippen LogP) is 24.6. The van der Waals surface area contributed by atoms with Gasteiger partial charge in [-0.05, 0) is 122 Å². The van der Waals surface area contributed by atoms with Gasteiger partial charge in [-0.3, -0.25) is 37.3 Å². The van der Waals surface area contributed by atoms with Crippen LogP contribution in [0.15, 0.2) is 85.1 Å². The summed E-state index contributed by atoms with van der Waals surface area (Å²) in [5.41, 5.74) is 0. The fourth-order valence-corrected chi connectivity index (χ4v) is 13.1. The number of esters is 4. The maximum Gasteiger partial charge on any atom is 0.472 e. The van der Waals surface area contributed by atoms with Crippen molar-refractivity contribution in [3.8, 4) is 0 Å². The summed E-state index contributed by atoms with van der Waals surface area (Å²) < 4.78 is 68.7. The average molecular weight is 1510 g/mol. The first-order valence-corrected chi connectivity index (χ1v) is 44.8. The van der Waals surface area contributed by atoms with Gasteiger partial charge in [-0.2, -0.15) is 0 Å². The van der Waals surface area contributed by atoms with Crippen molar-refractivity contribution in [1.82, 2.24) is 0 Å². The van der Waals surface area contributed by atoms with Crippen LogP contribution >= 0.6 is 15.6 Å². The van der Waals surface area contributed by atoms with Gasteiger partial charge in [0, 0.05) is 25.7 Å². The number of carbonyl (C=O) groups excluding carboxylic acids is 4. The van der Waals surface area contributed by atoms with Crippen LogP contribution in [-0.2, 0) is 65.4 Å². The van der Waals surface area contributed by atoms with Crippen molar-refractivity contribution in [1.29, 1.82) is 0 Å². The van der Waals surface area contributed by atoms with Crippen LogP contribution in [0.25, 0.3) is 0 Å². The first-order valence-electron chi connectivity index (χ1n) is 41.8. The highest BCUT2D eigenvalue weighted by atomic mass is 31.2. The Morgan fingerprint density at radius 2 is 0.500 bits per heavy atom. The minimum atomic E-state index is -4.98. The van der Waals surface area contributed by atoms with Crippen molar-refractivity contribution < 1.29 is 80.2 Å². The van der Waals surface area contributed by atoms with Crippen molar-refractivity contribution >= 4 is 39.5 Å². The van der Waals surface area contributed by atoms with Crippen LogP contribution in [0, 0.1) is 0 Å². The van der Waals surface area contributed by atoms with E-state index in [9.17, 15) is 43.2 Å². The summed E-state index contributed by atoms with van der Waals surface area (Å²) in [5.74, 6) is -2.19. The lowest BCUT2D eigenvalue weighted by Crippen LogP contribution is -2.30. The molecular formula is C85H152O17P2. The van der Waals surface area contributed by atoms with Gasteiger partial charge in [0.05, 0.1) is 26.4 Å². The second kappa shape index (κ2) is 77.4. The van der Waals surface area contributed by atoms with E-state index in [0.717, 1.165) is 173 Å². The van der Waals surface area contributed by atoms with Gasteiger partial charge in [-0.1, -0.05) is 312 Å². The van der Waals surface area contributed by atoms with Gasteiger partial charge in [0.2, 0.25) is 0 Å². The topological polar surface area (TPSA) is 237 Å². The number of allylic oxidation sites excluding steroid dienone is 14. The molecule has 604 valence electrons. The molecule has 0 spiro atoms. The molecule has 104 heavy (non-hydrogen) atoms. The summed E-state index contributed by atoms with van der Waals surface area (Å²) in [4.78, 5) is 73.1. The number of aliphatic hydroxyl groups excluding tert-OH is 1. The van der Waals surface area contributed by atoms with Gasteiger partial charge in [0.25, 0.3) is 0 Å². The number of phosphoric ester groups is 2. The molecule has 0 aliphatic carbocycles. The van der Waals surface area contributed by atoms with Crippen LogP contribution < -0.4 is 0 Å². The van der Waals surface area contributed by atoms with Crippen molar-refractivity contribution in [2.45, 2.75) is 393 Å². The Labute approximate surface area is 634 Å². The van der Waals surface area contributed by atoms with Crippen LogP contribution in [0.1, 0.15) is 374 Å². The van der Waals surface area contributed by atoms with E-state index in [4.69, 9.17) is 37.0 Å². The Morgan fingerprint density at radius 1 is 0.279 bits per heavy atom. The molecule has 0 saturated heterocycles. The third-order valence-electron chi connectivity index (χ3n) is 17.8.